The Morgan fingerprint density at radius 3 is 1.54 bits per heavy atom. The van der Waals surface area contributed by atoms with E-state index in [1.807, 2.05) is 12.1 Å². The predicted octanol–water partition coefficient (Wildman–Crippen LogP) is 9.43. The third-order valence-electron chi connectivity index (χ3n) is 9.75. The van der Waals surface area contributed by atoms with Crippen molar-refractivity contribution in [3.05, 3.63) is 108 Å². The third-order valence-corrected chi connectivity index (χ3v) is 9.75. The largest absolute Gasteiger partial charge is 0.494 e. The summed E-state index contributed by atoms with van der Waals surface area (Å²) >= 11 is 0. The summed E-state index contributed by atoms with van der Waals surface area (Å²) in [6, 6.07) is 29.3. The highest BCUT2D eigenvalue weighted by Gasteiger charge is 2.14. The number of nitrogens with zero attached hydrogens (tertiary/aromatic N) is 4. The van der Waals surface area contributed by atoms with Gasteiger partial charge in [-0.25, -0.2) is 9.97 Å². The van der Waals surface area contributed by atoms with Crippen molar-refractivity contribution in [1.82, 2.24) is 29.7 Å². The molecule has 0 saturated carbocycles. The maximum absolute atomic E-state index is 6.09. The highest BCUT2D eigenvalue weighted by atomic mass is 16.5. The van der Waals surface area contributed by atoms with E-state index < -0.39 is 0 Å². The zero-order valence-electron chi connectivity index (χ0n) is 30.7. The number of aromatic nitrogens is 4. The normalized spacial score (nSPS) is 12.3. The first-order valence-electron chi connectivity index (χ1n) is 18.5. The second kappa shape index (κ2) is 16.3. The first-order chi connectivity index (χ1) is 25.5. The van der Waals surface area contributed by atoms with Crippen LogP contribution in [0, 0.1) is 0 Å². The number of nitrogens with one attached hydrogen (secondary N) is 2. The molecule has 266 valence electrons. The molecule has 2 aliphatic heterocycles. The number of aromatic amines is 2. The molecule has 2 aromatic carbocycles. The first kappa shape index (κ1) is 35.0. The van der Waals surface area contributed by atoms with Crippen LogP contribution in [0.4, 0.5) is 0 Å². The first-order valence-corrected chi connectivity index (χ1v) is 18.5. The number of rotatable bonds is 14. The highest BCUT2D eigenvalue weighted by Crippen LogP contribution is 2.33. The SMILES string of the molecule is CCN(C)CCCOc1ccc(-c2c3nc(cc4ccc([nH]4)c(-c4ccc(OCCN(CC)CC)cc4)c4nc(cc5ccc2[nH]5)C=C4)C=C3)cc1. The van der Waals surface area contributed by atoms with Crippen molar-refractivity contribution in [3.8, 4) is 33.8 Å². The van der Waals surface area contributed by atoms with Crippen LogP contribution in [0.3, 0.4) is 0 Å². The van der Waals surface area contributed by atoms with Crippen LogP contribution < -0.4 is 9.47 Å². The molecular formula is C44H48N6O2. The van der Waals surface area contributed by atoms with E-state index in [1.165, 1.54) is 0 Å². The van der Waals surface area contributed by atoms with Crippen LogP contribution in [-0.4, -0.2) is 82.7 Å². The fraction of sp³-hybridized carbons (Fsp3) is 0.273. The van der Waals surface area contributed by atoms with Crippen LogP contribution >= 0.6 is 0 Å². The number of fused-ring (bicyclic) bond motifs is 8. The molecule has 8 bridgehead atoms. The molecule has 0 fully saturated rings. The maximum atomic E-state index is 6.09. The van der Waals surface area contributed by atoms with Gasteiger partial charge in [-0.2, -0.15) is 0 Å². The number of benzene rings is 2. The molecule has 0 unspecified atom stereocenters. The van der Waals surface area contributed by atoms with Gasteiger partial charge in [0, 0.05) is 46.3 Å². The zero-order valence-corrected chi connectivity index (χ0v) is 30.7. The fourth-order valence-corrected chi connectivity index (χ4v) is 6.63. The molecular weight excluding hydrogens is 645 g/mol. The lowest BCUT2D eigenvalue weighted by Gasteiger charge is -2.18. The van der Waals surface area contributed by atoms with Crippen molar-refractivity contribution in [3.63, 3.8) is 0 Å². The molecule has 5 heterocycles. The lowest BCUT2D eigenvalue weighted by Crippen LogP contribution is -2.27. The van der Waals surface area contributed by atoms with Gasteiger partial charge in [-0.05, 0) is 129 Å². The summed E-state index contributed by atoms with van der Waals surface area (Å²) in [6.45, 7) is 12.9. The highest BCUT2D eigenvalue weighted by molar-refractivity contribution is 5.93. The molecule has 3 aromatic heterocycles. The summed E-state index contributed by atoms with van der Waals surface area (Å²) in [5.74, 6) is 1.73. The molecule has 0 radical (unpaired) electrons. The fourth-order valence-electron chi connectivity index (χ4n) is 6.63. The molecule has 8 heteroatoms. The monoisotopic (exact) mass is 692 g/mol. The van der Waals surface area contributed by atoms with Crippen LogP contribution in [0.1, 0.15) is 50.0 Å². The van der Waals surface area contributed by atoms with Gasteiger partial charge in [0.2, 0.25) is 0 Å². The Morgan fingerprint density at radius 1 is 0.558 bits per heavy atom. The van der Waals surface area contributed by atoms with Crippen molar-refractivity contribution < 1.29 is 9.47 Å². The van der Waals surface area contributed by atoms with Crippen molar-refractivity contribution in [2.75, 3.05) is 53.0 Å². The lowest BCUT2D eigenvalue weighted by molar-refractivity contribution is 0.223. The molecule has 2 aliphatic rings. The molecule has 8 nitrogen and oxygen atoms in total. The molecule has 5 aromatic rings. The summed E-state index contributed by atoms with van der Waals surface area (Å²) in [5.41, 5.74) is 11.6. The molecule has 0 aliphatic carbocycles. The topological polar surface area (TPSA) is 82.3 Å². The molecule has 2 N–H and O–H groups in total. The third kappa shape index (κ3) is 8.20. The second-order valence-electron chi connectivity index (χ2n) is 13.2. The average molecular weight is 693 g/mol. The van der Waals surface area contributed by atoms with E-state index in [2.05, 4.69) is 145 Å². The Hall–Kier alpha value is -5.44. The Labute approximate surface area is 306 Å². The predicted molar refractivity (Wildman–Crippen MR) is 216 cm³/mol. The van der Waals surface area contributed by atoms with E-state index in [-0.39, 0.29) is 0 Å². The molecule has 0 saturated heterocycles. The van der Waals surface area contributed by atoms with E-state index in [1.54, 1.807) is 0 Å². The van der Waals surface area contributed by atoms with E-state index >= 15 is 0 Å². The van der Waals surface area contributed by atoms with Gasteiger partial charge in [-0.3, -0.25) is 0 Å². The van der Waals surface area contributed by atoms with E-state index in [9.17, 15) is 0 Å². The number of likely N-dealkylation sites (N-methyl/N-ethyl adjacent to an activating group) is 1. The van der Waals surface area contributed by atoms with Gasteiger partial charge in [-0.1, -0.05) is 45.0 Å². The summed E-state index contributed by atoms with van der Waals surface area (Å²) in [7, 11) is 2.13. The summed E-state index contributed by atoms with van der Waals surface area (Å²) in [6.07, 6.45) is 9.32. The van der Waals surface area contributed by atoms with Crippen LogP contribution in [0.15, 0.2) is 84.9 Å². The van der Waals surface area contributed by atoms with Gasteiger partial charge in [0.1, 0.15) is 18.1 Å². The lowest BCUT2D eigenvalue weighted by atomic mass is 10.0. The van der Waals surface area contributed by atoms with Crippen LogP contribution in [0.25, 0.3) is 68.6 Å². The summed E-state index contributed by atoms with van der Waals surface area (Å²) < 4.78 is 12.2. The van der Waals surface area contributed by atoms with Crippen molar-refractivity contribution in [1.29, 1.82) is 0 Å². The van der Waals surface area contributed by atoms with Crippen molar-refractivity contribution in [2.24, 2.45) is 0 Å². The summed E-state index contributed by atoms with van der Waals surface area (Å²) in [5, 5.41) is 0. The molecule has 52 heavy (non-hydrogen) atoms. The van der Waals surface area contributed by atoms with Crippen molar-refractivity contribution in [2.45, 2.75) is 27.2 Å². The average Bonchev–Trinajstić information content (AvgIpc) is 4.00. The summed E-state index contributed by atoms with van der Waals surface area (Å²) in [4.78, 5) is 22.2. The maximum Gasteiger partial charge on any atom is 0.119 e. The Bertz CT molecular complexity index is 2210. The Balaban J connectivity index is 1.25. The minimum Gasteiger partial charge on any atom is -0.494 e. The number of hydrogen-bond donors (Lipinski definition) is 2. The molecule has 0 atom stereocenters. The molecule has 0 amide bonds. The van der Waals surface area contributed by atoms with Gasteiger partial charge in [0.05, 0.1) is 29.4 Å². The van der Waals surface area contributed by atoms with Crippen LogP contribution in [0.2, 0.25) is 0 Å². The Kier molecular flexibility index (Phi) is 10.9. The second-order valence-corrected chi connectivity index (χ2v) is 13.2. The smallest absolute Gasteiger partial charge is 0.119 e. The van der Waals surface area contributed by atoms with E-state index in [0.29, 0.717) is 13.2 Å². The van der Waals surface area contributed by atoms with Gasteiger partial charge in [0.15, 0.2) is 0 Å². The van der Waals surface area contributed by atoms with E-state index in [4.69, 9.17) is 19.4 Å². The number of H-pyrrole nitrogens is 2. The quantitative estimate of drug-likeness (QED) is 0.111. The minimum absolute atomic E-state index is 0.660. The van der Waals surface area contributed by atoms with E-state index in [0.717, 1.165) is 118 Å². The van der Waals surface area contributed by atoms with Gasteiger partial charge < -0.3 is 29.2 Å². The molecule has 7 rings (SSSR count). The minimum atomic E-state index is 0.660. The zero-order chi connectivity index (χ0) is 35.9. The Morgan fingerprint density at radius 2 is 1.06 bits per heavy atom. The van der Waals surface area contributed by atoms with Crippen LogP contribution in [-0.2, 0) is 0 Å². The standard InChI is InChI=1S/C44H48N6O2/c1-5-49(4)25-8-27-51-37-17-9-31(10-18-37)43-39-21-13-33(45-39)29-35-15-23-41(47-35)44(42-24-16-36(48-42)30-34-14-22-40(43)46-34)32-11-19-38(20-12-32)52-28-26-50(6-2)7-3/h9-24,29-30,45,48H,5-8,25-28H2,1-4H3. The van der Waals surface area contributed by atoms with Gasteiger partial charge >= 0.3 is 0 Å². The van der Waals surface area contributed by atoms with Crippen LogP contribution in [0.5, 0.6) is 11.5 Å². The van der Waals surface area contributed by atoms with Gasteiger partial charge in [-0.15, -0.1) is 0 Å². The number of ether oxygens (including phenoxy) is 2. The van der Waals surface area contributed by atoms with Gasteiger partial charge in [0.25, 0.3) is 0 Å². The molecule has 0 spiro atoms. The number of hydrogen-bond acceptors (Lipinski definition) is 6. The van der Waals surface area contributed by atoms with Crippen molar-refractivity contribution >= 4 is 46.4 Å².